The number of carbonyl (C=O) groups is 1. The van der Waals surface area contributed by atoms with E-state index in [-0.39, 0.29) is 11.0 Å². The van der Waals surface area contributed by atoms with Crippen LogP contribution in [0.5, 0.6) is 0 Å². The largest absolute Gasteiger partial charge is 0.365 e. The summed E-state index contributed by atoms with van der Waals surface area (Å²) in [5, 5.41) is 0. The number of nitrogens with zero attached hydrogens (tertiary/aromatic N) is 1. The van der Waals surface area contributed by atoms with Crippen LogP contribution in [0.4, 0.5) is 0 Å². The van der Waals surface area contributed by atoms with Crippen LogP contribution in [0.3, 0.4) is 0 Å². The van der Waals surface area contributed by atoms with Gasteiger partial charge in [-0.25, -0.2) is 0 Å². The number of rotatable bonds is 2. The topological polar surface area (TPSA) is 65.1 Å². The fourth-order valence-electron chi connectivity index (χ4n) is 1.71. The van der Waals surface area contributed by atoms with Crippen LogP contribution in [0.2, 0.25) is 0 Å². The zero-order valence-corrected chi connectivity index (χ0v) is 9.38. The van der Waals surface area contributed by atoms with Crippen molar-refractivity contribution in [1.82, 2.24) is 4.57 Å². The summed E-state index contributed by atoms with van der Waals surface area (Å²) >= 11 is 0. The van der Waals surface area contributed by atoms with Crippen molar-refractivity contribution in [1.29, 1.82) is 0 Å². The molecule has 1 aromatic carbocycles. The summed E-state index contributed by atoms with van der Waals surface area (Å²) in [5.41, 5.74) is 6.11. The van der Waals surface area contributed by atoms with Crippen LogP contribution in [0.1, 0.15) is 10.4 Å². The zero-order valence-electron chi connectivity index (χ0n) is 9.38. The molecule has 0 atom stereocenters. The number of aryl methyl sites for hydroxylation is 1. The molecule has 1 aromatic heterocycles. The van der Waals surface area contributed by atoms with Crippen molar-refractivity contribution in [3.63, 3.8) is 0 Å². The molecule has 0 unspecified atom stereocenters. The predicted octanol–water partition coefficient (Wildman–Crippen LogP) is 1.15. The molecule has 1 amide bonds. The molecule has 0 aliphatic heterocycles. The highest BCUT2D eigenvalue weighted by molar-refractivity contribution is 5.93. The van der Waals surface area contributed by atoms with Crippen LogP contribution < -0.4 is 11.2 Å². The molecular formula is C13H12N2O2. The maximum Gasteiger partial charge on any atom is 0.254 e. The van der Waals surface area contributed by atoms with Crippen molar-refractivity contribution in [2.75, 3.05) is 0 Å². The van der Waals surface area contributed by atoms with Gasteiger partial charge in [0, 0.05) is 25.0 Å². The molecule has 0 spiro atoms. The van der Waals surface area contributed by atoms with Crippen molar-refractivity contribution < 1.29 is 4.79 Å². The molecule has 2 rings (SSSR count). The predicted molar refractivity (Wildman–Crippen MR) is 65.6 cm³/mol. The Morgan fingerprint density at radius 1 is 1.18 bits per heavy atom. The van der Waals surface area contributed by atoms with Gasteiger partial charge in [-0.1, -0.05) is 30.3 Å². The van der Waals surface area contributed by atoms with Gasteiger partial charge in [0.05, 0.1) is 0 Å². The second-order valence-electron chi connectivity index (χ2n) is 3.81. The Labute approximate surface area is 98.3 Å². The molecule has 17 heavy (non-hydrogen) atoms. The lowest BCUT2D eigenvalue weighted by molar-refractivity contribution is 0.0998. The summed E-state index contributed by atoms with van der Waals surface area (Å²) in [7, 11) is 1.75. The number of aromatic nitrogens is 1. The Morgan fingerprint density at radius 2 is 1.82 bits per heavy atom. The third-order valence-electron chi connectivity index (χ3n) is 2.50. The van der Waals surface area contributed by atoms with Crippen LogP contribution in [-0.2, 0) is 7.05 Å². The summed E-state index contributed by atoms with van der Waals surface area (Å²) in [6.45, 7) is 0. The average Bonchev–Trinajstić information content (AvgIpc) is 2.32. The fraction of sp³-hybridized carbons (Fsp3) is 0.0769. The quantitative estimate of drug-likeness (QED) is 0.838. The van der Waals surface area contributed by atoms with Gasteiger partial charge < -0.3 is 10.3 Å². The van der Waals surface area contributed by atoms with E-state index in [0.29, 0.717) is 5.56 Å². The molecule has 86 valence electrons. The van der Waals surface area contributed by atoms with Gasteiger partial charge in [-0.2, -0.15) is 0 Å². The first-order valence-corrected chi connectivity index (χ1v) is 5.15. The minimum Gasteiger partial charge on any atom is -0.365 e. The first-order chi connectivity index (χ1) is 8.09. The van der Waals surface area contributed by atoms with E-state index in [0.717, 1.165) is 5.56 Å². The highest BCUT2D eigenvalue weighted by atomic mass is 16.2. The van der Waals surface area contributed by atoms with Crippen LogP contribution in [0.15, 0.2) is 47.5 Å². The number of primary amides is 1. The number of hydrogen-bond acceptors (Lipinski definition) is 2. The van der Waals surface area contributed by atoms with Gasteiger partial charge in [0.25, 0.3) is 5.91 Å². The molecule has 4 nitrogen and oxygen atoms in total. The molecule has 0 bridgehead atoms. The number of hydrogen-bond donors (Lipinski definition) is 1. The van der Waals surface area contributed by atoms with Gasteiger partial charge in [0.2, 0.25) is 5.43 Å². The van der Waals surface area contributed by atoms with Gasteiger partial charge in [-0.15, -0.1) is 0 Å². The highest BCUT2D eigenvalue weighted by Gasteiger charge is 2.12. The number of carbonyl (C=O) groups excluding carboxylic acids is 1. The minimum absolute atomic E-state index is 0.00820. The van der Waals surface area contributed by atoms with E-state index in [4.69, 9.17) is 5.73 Å². The molecule has 0 radical (unpaired) electrons. The summed E-state index contributed by atoms with van der Waals surface area (Å²) < 4.78 is 1.66. The molecule has 1 heterocycles. The van der Waals surface area contributed by atoms with Crippen LogP contribution in [-0.4, -0.2) is 10.5 Å². The van der Waals surface area contributed by atoms with E-state index >= 15 is 0 Å². The Hall–Kier alpha value is -2.36. The van der Waals surface area contributed by atoms with E-state index in [1.807, 2.05) is 30.3 Å². The van der Waals surface area contributed by atoms with Gasteiger partial charge in [-0.05, 0) is 5.56 Å². The van der Waals surface area contributed by atoms with E-state index in [9.17, 15) is 9.59 Å². The lowest BCUT2D eigenvalue weighted by atomic mass is 10.1. The standard InChI is InChI=1S/C13H12N2O2/c1-15-7-10(9-5-3-2-4-6-9)12(16)11(8-15)13(14)17/h2-8H,1H3,(H2,14,17). The monoisotopic (exact) mass is 228 g/mol. The molecular weight excluding hydrogens is 216 g/mol. The van der Waals surface area contributed by atoms with Crippen molar-refractivity contribution in [2.24, 2.45) is 12.8 Å². The second-order valence-corrected chi connectivity index (χ2v) is 3.81. The van der Waals surface area contributed by atoms with Gasteiger partial charge in [-0.3, -0.25) is 9.59 Å². The number of benzene rings is 1. The second kappa shape index (κ2) is 4.25. The third kappa shape index (κ3) is 2.10. The van der Waals surface area contributed by atoms with Crippen LogP contribution in [0, 0.1) is 0 Å². The normalized spacial score (nSPS) is 10.2. The van der Waals surface area contributed by atoms with Gasteiger partial charge in [0.1, 0.15) is 5.56 Å². The van der Waals surface area contributed by atoms with Crippen molar-refractivity contribution >= 4 is 5.91 Å². The molecule has 0 saturated carbocycles. The minimum atomic E-state index is -0.705. The van der Waals surface area contributed by atoms with Crippen LogP contribution in [0.25, 0.3) is 11.1 Å². The lowest BCUT2D eigenvalue weighted by Gasteiger charge is -2.06. The maximum atomic E-state index is 12.0. The average molecular weight is 228 g/mol. The summed E-state index contributed by atoms with van der Waals surface area (Å²) in [6.07, 6.45) is 3.13. The van der Waals surface area contributed by atoms with E-state index in [1.165, 1.54) is 6.20 Å². The van der Waals surface area contributed by atoms with E-state index < -0.39 is 5.91 Å². The van der Waals surface area contributed by atoms with Gasteiger partial charge >= 0.3 is 0 Å². The van der Waals surface area contributed by atoms with Crippen molar-refractivity contribution in [3.8, 4) is 11.1 Å². The number of pyridine rings is 1. The third-order valence-corrected chi connectivity index (χ3v) is 2.50. The van der Waals surface area contributed by atoms with Gasteiger partial charge in [0.15, 0.2) is 0 Å². The molecule has 2 N–H and O–H groups in total. The molecule has 4 heteroatoms. The summed E-state index contributed by atoms with van der Waals surface area (Å²) in [5.74, 6) is -0.705. The lowest BCUT2D eigenvalue weighted by Crippen LogP contribution is -2.24. The molecule has 0 fully saturated rings. The fourth-order valence-corrected chi connectivity index (χ4v) is 1.71. The Morgan fingerprint density at radius 3 is 2.41 bits per heavy atom. The Balaban J connectivity index is 2.72. The zero-order chi connectivity index (χ0) is 12.4. The molecule has 0 aliphatic rings. The van der Waals surface area contributed by atoms with Crippen molar-refractivity contribution in [3.05, 3.63) is 58.5 Å². The van der Waals surface area contributed by atoms with E-state index in [2.05, 4.69) is 0 Å². The van der Waals surface area contributed by atoms with E-state index in [1.54, 1.807) is 17.8 Å². The molecule has 0 aliphatic carbocycles. The smallest absolute Gasteiger partial charge is 0.254 e. The highest BCUT2D eigenvalue weighted by Crippen LogP contribution is 2.14. The summed E-state index contributed by atoms with van der Waals surface area (Å²) in [6, 6.07) is 9.19. The molecule has 2 aromatic rings. The Kier molecular flexibility index (Phi) is 2.78. The first-order valence-electron chi connectivity index (χ1n) is 5.15. The Bertz CT molecular complexity index is 615. The first kappa shape index (κ1) is 11.1. The number of nitrogens with two attached hydrogens (primary N) is 1. The van der Waals surface area contributed by atoms with Crippen LogP contribution >= 0.6 is 0 Å². The SMILES string of the molecule is Cn1cc(C(N)=O)c(=O)c(-c2ccccc2)c1. The van der Waals surface area contributed by atoms with Crippen molar-refractivity contribution in [2.45, 2.75) is 0 Å². The summed E-state index contributed by atoms with van der Waals surface area (Å²) in [4.78, 5) is 23.2. The number of amides is 1. The molecule has 0 saturated heterocycles. The maximum absolute atomic E-state index is 12.0.